The van der Waals surface area contributed by atoms with Crippen LogP contribution in [0.1, 0.15) is 22.2 Å². The summed E-state index contributed by atoms with van der Waals surface area (Å²) >= 11 is 4.56. The summed E-state index contributed by atoms with van der Waals surface area (Å²) in [5.41, 5.74) is 1.12. The van der Waals surface area contributed by atoms with Crippen molar-refractivity contribution in [2.24, 2.45) is 7.05 Å². The minimum absolute atomic E-state index is 0.129. The quantitative estimate of drug-likeness (QED) is 0.372. The van der Waals surface area contributed by atoms with Gasteiger partial charge in [-0.1, -0.05) is 27.7 Å². The lowest BCUT2D eigenvalue weighted by Gasteiger charge is -2.16. The first kappa shape index (κ1) is 23.8. The highest BCUT2D eigenvalue weighted by atomic mass is 79.9. The van der Waals surface area contributed by atoms with E-state index in [9.17, 15) is 14.7 Å². The van der Waals surface area contributed by atoms with Crippen molar-refractivity contribution in [3.05, 3.63) is 64.4 Å². The van der Waals surface area contributed by atoms with Gasteiger partial charge in [0.1, 0.15) is 11.8 Å². The highest BCUT2D eigenvalue weighted by Crippen LogP contribution is 2.21. The Morgan fingerprint density at radius 2 is 1.84 bits per heavy atom. The molecular formula is C21H22BrN5O4S. The van der Waals surface area contributed by atoms with Gasteiger partial charge in [-0.3, -0.25) is 9.59 Å². The maximum atomic E-state index is 12.5. The van der Waals surface area contributed by atoms with E-state index in [1.165, 1.54) is 11.8 Å². The smallest absolute Gasteiger partial charge is 0.251 e. The SMILES string of the molecule is COc1ccc(C(=O)N[C@H](CO)c2nnc(SCC(=O)Nc3ccc(Br)cc3)n2C)cc1. The minimum Gasteiger partial charge on any atom is -0.497 e. The average molecular weight is 520 g/mol. The molecule has 0 aliphatic carbocycles. The van der Waals surface area contributed by atoms with Gasteiger partial charge >= 0.3 is 0 Å². The van der Waals surface area contributed by atoms with E-state index in [1.54, 1.807) is 55.1 Å². The van der Waals surface area contributed by atoms with E-state index < -0.39 is 6.04 Å². The molecule has 0 bridgehead atoms. The van der Waals surface area contributed by atoms with Crippen LogP contribution in [0.25, 0.3) is 0 Å². The van der Waals surface area contributed by atoms with E-state index in [4.69, 9.17) is 4.74 Å². The van der Waals surface area contributed by atoms with E-state index in [-0.39, 0.29) is 24.2 Å². The standard InChI is InChI=1S/C21H22BrN5O4S/c1-27-19(17(11-28)24-20(30)13-3-9-16(31-2)10-4-13)25-26-21(27)32-12-18(29)23-15-7-5-14(22)6-8-15/h3-10,17,28H,11-12H2,1-2H3,(H,23,29)(H,24,30)/t17-/m1/s1. The fraction of sp³-hybridized carbons (Fsp3) is 0.238. The number of hydrogen-bond acceptors (Lipinski definition) is 7. The fourth-order valence-electron chi connectivity index (χ4n) is 2.79. The average Bonchev–Trinajstić information content (AvgIpc) is 3.17. The van der Waals surface area contributed by atoms with Gasteiger partial charge < -0.3 is 25.0 Å². The van der Waals surface area contributed by atoms with Crippen LogP contribution in [-0.4, -0.2) is 51.2 Å². The monoisotopic (exact) mass is 519 g/mol. The molecule has 11 heteroatoms. The molecule has 3 N–H and O–H groups in total. The molecule has 3 aromatic rings. The molecule has 0 unspecified atom stereocenters. The molecule has 9 nitrogen and oxygen atoms in total. The molecule has 3 rings (SSSR count). The molecule has 0 spiro atoms. The molecule has 0 aliphatic heterocycles. The van der Waals surface area contributed by atoms with Crippen LogP contribution in [-0.2, 0) is 11.8 Å². The van der Waals surface area contributed by atoms with Crippen LogP contribution < -0.4 is 15.4 Å². The molecule has 0 saturated heterocycles. The summed E-state index contributed by atoms with van der Waals surface area (Å²) in [6.45, 7) is -0.359. The molecule has 1 aromatic heterocycles. The number of nitrogens with one attached hydrogen (secondary N) is 2. The Balaban J connectivity index is 1.60. The first-order chi connectivity index (χ1) is 15.4. The number of anilines is 1. The van der Waals surface area contributed by atoms with Gasteiger partial charge in [-0.2, -0.15) is 0 Å². The third-order valence-corrected chi connectivity index (χ3v) is 6.03. The van der Waals surface area contributed by atoms with Gasteiger partial charge in [-0.25, -0.2) is 0 Å². The summed E-state index contributed by atoms with van der Waals surface area (Å²) in [4.78, 5) is 24.8. The van der Waals surface area contributed by atoms with E-state index in [0.717, 1.165) is 4.47 Å². The van der Waals surface area contributed by atoms with Crippen LogP contribution in [0, 0.1) is 0 Å². The first-order valence-electron chi connectivity index (χ1n) is 9.54. The minimum atomic E-state index is -0.756. The van der Waals surface area contributed by atoms with Crippen LogP contribution in [0.5, 0.6) is 5.75 Å². The number of ether oxygens (including phenoxy) is 1. The summed E-state index contributed by atoms with van der Waals surface area (Å²) in [5, 5.41) is 24.0. The molecule has 0 fully saturated rings. The fourth-order valence-corrected chi connectivity index (χ4v) is 3.77. The molecule has 0 aliphatic rings. The molecule has 2 aromatic carbocycles. The van der Waals surface area contributed by atoms with Crippen molar-refractivity contribution >= 4 is 45.2 Å². The van der Waals surface area contributed by atoms with Crippen LogP contribution in [0.15, 0.2) is 58.2 Å². The van der Waals surface area contributed by atoms with Crippen molar-refractivity contribution in [2.45, 2.75) is 11.2 Å². The topological polar surface area (TPSA) is 118 Å². The normalized spacial score (nSPS) is 11.6. The second-order valence-electron chi connectivity index (χ2n) is 6.68. The van der Waals surface area contributed by atoms with Crippen LogP contribution in [0.3, 0.4) is 0 Å². The third kappa shape index (κ3) is 6.09. The van der Waals surface area contributed by atoms with Crippen LogP contribution in [0.4, 0.5) is 5.69 Å². The number of nitrogens with zero attached hydrogens (tertiary/aromatic N) is 3. The first-order valence-corrected chi connectivity index (χ1v) is 11.3. The number of rotatable bonds is 9. The Bertz CT molecular complexity index is 1070. The molecular weight excluding hydrogens is 498 g/mol. The van der Waals surface area contributed by atoms with Crippen molar-refractivity contribution in [1.29, 1.82) is 0 Å². The lowest BCUT2D eigenvalue weighted by molar-refractivity contribution is -0.113. The van der Waals surface area contributed by atoms with Gasteiger partial charge in [-0.15, -0.1) is 10.2 Å². The number of amides is 2. The lowest BCUT2D eigenvalue weighted by atomic mass is 10.2. The largest absolute Gasteiger partial charge is 0.497 e. The van der Waals surface area contributed by atoms with E-state index in [2.05, 4.69) is 36.8 Å². The summed E-state index contributed by atoms with van der Waals surface area (Å²) < 4.78 is 7.66. The summed E-state index contributed by atoms with van der Waals surface area (Å²) in [7, 11) is 3.26. The van der Waals surface area contributed by atoms with E-state index in [1.807, 2.05) is 12.1 Å². The number of aliphatic hydroxyl groups is 1. The number of carbonyl (C=O) groups is 2. The molecule has 1 heterocycles. The van der Waals surface area contributed by atoms with Crippen molar-refractivity contribution < 1.29 is 19.4 Å². The lowest BCUT2D eigenvalue weighted by Crippen LogP contribution is -2.32. The number of hydrogen-bond donors (Lipinski definition) is 3. The van der Waals surface area contributed by atoms with Gasteiger partial charge in [0.25, 0.3) is 5.91 Å². The molecule has 0 saturated carbocycles. The van der Waals surface area contributed by atoms with Crippen LogP contribution >= 0.6 is 27.7 Å². The highest BCUT2D eigenvalue weighted by Gasteiger charge is 2.22. The second-order valence-corrected chi connectivity index (χ2v) is 8.54. The van der Waals surface area contributed by atoms with Crippen molar-refractivity contribution in [1.82, 2.24) is 20.1 Å². The zero-order chi connectivity index (χ0) is 23.1. The number of aromatic nitrogens is 3. The Morgan fingerprint density at radius 1 is 1.16 bits per heavy atom. The van der Waals surface area contributed by atoms with Crippen molar-refractivity contribution in [3.63, 3.8) is 0 Å². The van der Waals surface area contributed by atoms with Gasteiger partial charge in [0.05, 0.1) is 19.5 Å². The van der Waals surface area contributed by atoms with Crippen LogP contribution in [0.2, 0.25) is 0 Å². The summed E-state index contributed by atoms with van der Waals surface area (Å²) in [6, 6.07) is 13.1. The van der Waals surface area contributed by atoms with Crippen molar-refractivity contribution in [2.75, 3.05) is 24.8 Å². The number of methoxy groups -OCH3 is 1. The van der Waals surface area contributed by atoms with Gasteiger partial charge in [-0.05, 0) is 48.5 Å². The van der Waals surface area contributed by atoms with Gasteiger partial charge in [0.2, 0.25) is 5.91 Å². The molecule has 1 atom stereocenters. The zero-order valence-electron chi connectivity index (χ0n) is 17.4. The number of aliphatic hydroxyl groups excluding tert-OH is 1. The molecule has 168 valence electrons. The highest BCUT2D eigenvalue weighted by molar-refractivity contribution is 9.10. The Morgan fingerprint density at radius 3 is 2.47 bits per heavy atom. The zero-order valence-corrected chi connectivity index (χ0v) is 19.8. The Hall–Kier alpha value is -2.89. The van der Waals surface area contributed by atoms with Gasteiger partial charge in [0, 0.05) is 22.8 Å². The van der Waals surface area contributed by atoms with Crippen molar-refractivity contribution in [3.8, 4) is 5.75 Å². The molecule has 0 radical (unpaired) electrons. The Labute approximate surface area is 197 Å². The molecule has 2 amide bonds. The Kier molecular flexibility index (Phi) is 8.26. The predicted octanol–water partition coefficient (Wildman–Crippen LogP) is 2.78. The number of halogens is 1. The summed E-state index contributed by atoms with van der Waals surface area (Å²) in [6.07, 6.45) is 0. The van der Waals surface area contributed by atoms with Gasteiger partial charge in [0.15, 0.2) is 11.0 Å². The third-order valence-electron chi connectivity index (χ3n) is 4.48. The maximum absolute atomic E-state index is 12.5. The molecule has 32 heavy (non-hydrogen) atoms. The van der Waals surface area contributed by atoms with E-state index in [0.29, 0.717) is 28.0 Å². The predicted molar refractivity (Wildman–Crippen MR) is 125 cm³/mol. The summed E-state index contributed by atoms with van der Waals surface area (Å²) in [5.74, 6) is 0.597. The number of carbonyl (C=O) groups excluding carboxylic acids is 2. The van der Waals surface area contributed by atoms with E-state index >= 15 is 0 Å². The second kappa shape index (κ2) is 11.1. The maximum Gasteiger partial charge on any atom is 0.251 e. The number of thioether (sulfide) groups is 1. The number of benzene rings is 2.